The van der Waals surface area contributed by atoms with Crippen LogP contribution in [0.4, 0.5) is 16.2 Å². The van der Waals surface area contributed by atoms with E-state index >= 15 is 4.39 Å². The Kier molecular flexibility index (Phi) is 6.02. The molecule has 0 saturated carbocycles. The van der Waals surface area contributed by atoms with Crippen molar-refractivity contribution >= 4 is 45.0 Å². The summed E-state index contributed by atoms with van der Waals surface area (Å²) in [6, 6.07) is 13.5. The molecule has 3 aliphatic heterocycles. The minimum Gasteiger partial charge on any atom is -0.508 e. The van der Waals surface area contributed by atoms with Gasteiger partial charge in [0, 0.05) is 61.7 Å². The summed E-state index contributed by atoms with van der Waals surface area (Å²) in [5, 5.41) is 16.7. The molecule has 4 heterocycles. The predicted octanol–water partition coefficient (Wildman–Crippen LogP) is 4.89. The molecule has 3 aromatic carbocycles. The van der Waals surface area contributed by atoms with Crippen molar-refractivity contribution in [1.29, 1.82) is 0 Å². The number of piperazine rings is 1. The van der Waals surface area contributed by atoms with Crippen molar-refractivity contribution in [3.63, 3.8) is 0 Å². The van der Waals surface area contributed by atoms with E-state index in [1.807, 2.05) is 30.3 Å². The smallest absolute Gasteiger partial charge is 0.228 e. The van der Waals surface area contributed by atoms with Crippen LogP contribution in [-0.4, -0.2) is 78.9 Å². The van der Waals surface area contributed by atoms with Crippen LogP contribution >= 0.6 is 11.6 Å². The highest BCUT2D eigenvalue weighted by molar-refractivity contribution is 6.35. The van der Waals surface area contributed by atoms with Crippen LogP contribution in [0.25, 0.3) is 32.8 Å². The van der Waals surface area contributed by atoms with Crippen LogP contribution in [0, 0.1) is 11.7 Å². The molecule has 0 aliphatic carbocycles. The summed E-state index contributed by atoms with van der Waals surface area (Å²) in [6.07, 6.45) is 2.28. The number of nitrogens with zero attached hydrogens (tertiary/aromatic N) is 5. The SMILES string of the molecule is CN(C)CC1CN(c2nc(N3CC4CCC(C3)N4)c3cc(Cl)c(-c4cc(O)cc5ccccc45)c(F)c3n2)C1. The summed E-state index contributed by atoms with van der Waals surface area (Å²) in [5.41, 5.74) is 1.07. The molecular formula is C30H32ClFN6O. The van der Waals surface area contributed by atoms with Crippen LogP contribution in [0.5, 0.6) is 5.75 Å². The third kappa shape index (κ3) is 4.35. The molecule has 2 bridgehead atoms. The maximum Gasteiger partial charge on any atom is 0.228 e. The van der Waals surface area contributed by atoms with Gasteiger partial charge in [-0.15, -0.1) is 0 Å². The molecular weight excluding hydrogens is 515 g/mol. The topological polar surface area (TPSA) is 67.8 Å². The standard InChI is InChI=1S/C30H32ClFN6O/c1-36(2)12-17-13-38(14-17)30-34-28-24(29(35-30)37-15-19-7-8-20(16-37)33-19)11-25(31)26(27(28)32)23-10-21(39)9-18-5-3-4-6-22(18)23/h3-6,9-11,17,19-20,33,39H,7-8,12-16H2,1-2H3. The molecule has 9 heteroatoms. The molecule has 202 valence electrons. The summed E-state index contributed by atoms with van der Waals surface area (Å²) < 4.78 is 16.7. The lowest BCUT2D eigenvalue weighted by Gasteiger charge is -2.41. The van der Waals surface area contributed by atoms with E-state index in [1.165, 1.54) is 0 Å². The Morgan fingerprint density at radius 2 is 1.74 bits per heavy atom. The number of phenols is 1. The van der Waals surface area contributed by atoms with Crippen LogP contribution in [0.2, 0.25) is 5.02 Å². The van der Waals surface area contributed by atoms with Crippen molar-refractivity contribution in [2.24, 2.45) is 5.92 Å². The quantitative estimate of drug-likeness (QED) is 0.369. The number of anilines is 2. The second-order valence-electron chi connectivity index (χ2n) is 11.6. The van der Waals surface area contributed by atoms with Crippen LogP contribution in [0.15, 0.2) is 42.5 Å². The zero-order valence-electron chi connectivity index (χ0n) is 22.2. The fourth-order valence-corrected chi connectivity index (χ4v) is 6.93. The van der Waals surface area contributed by atoms with Gasteiger partial charge in [0.1, 0.15) is 17.1 Å². The van der Waals surface area contributed by atoms with Crippen LogP contribution < -0.4 is 15.1 Å². The fraction of sp³-hybridized carbons (Fsp3) is 0.400. The van der Waals surface area contributed by atoms with E-state index in [1.54, 1.807) is 12.1 Å². The first-order valence-electron chi connectivity index (χ1n) is 13.7. The molecule has 2 N–H and O–H groups in total. The Morgan fingerprint density at radius 3 is 2.49 bits per heavy atom. The normalized spacial score (nSPS) is 21.4. The van der Waals surface area contributed by atoms with Gasteiger partial charge < -0.3 is 25.1 Å². The van der Waals surface area contributed by atoms with E-state index < -0.39 is 5.82 Å². The third-order valence-electron chi connectivity index (χ3n) is 8.35. The number of aromatic nitrogens is 2. The number of hydrogen-bond donors (Lipinski definition) is 2. The lowest BCUT2D eigenvalue weighted by molar-refractivity contribution is 0.281. The number of halogens is 2. The Balaban J connectivity index is 1.40. The highest BCUT2D eigenvalue weighted by atomic mass is 35.5. The van der Waals surface area contributed by atoms with Gasteiger partial charge in [-0.05, 0) is 61.5 Å². The third-order valence-corrected chi connectivity index (χ3v) is 8.64. The van der Waals surface area contributed by atoms with Gasteiger partial charge in [-0.3, -0.25) is 0 Å². The second-order valence-corrected chi connectivity index (χ2v) is 12.0. The van der Waals surface area contributed by atoms with Gasteiger partial charge in [0.05, 0.1) is 5.02 Å². The van der Waals surface area contributed by atoms with Crippen molar-refractivity contribution in [1.82, 2.24) is 20.2 Å². The van der Waals surface area contributed by atoms with E-state index in [4.69, 9.17) is 21.6 Å². The number of nitrogens with one attached hydrogen (secondary N) is 1. The van der Waals surface area contributed by atoms with Crippen LogP contribution in [0.3, 0.4) is 0 Å². The first-order chi connectivity index (χ1) is 18.8. The number of fused-ring (bicyclic) bond motifs is 4. The minimum atomic E-state index is -0.485. The maximum absolute atomic E-state index is 16.7. The fourth-order valence-electron chi connectivity index (χ4n) is 6.63. The van der Waals surface area contributed by atoms with Gasteiger partial charge in [-0.25, -0.2) is 9.37 Å². The van der Waals surface area contributed by atoms with Crippen molar-refractivity contribution in [2.45, 2.75) is 24.9 Å². The lowest BCUT2D eigenvalue weighted by Crippen LogP contribution is -2.52. The zero-order chi connectivity index (χ0) is 26.8. The van der Waals surface area contributed by atoms with Crippen molar-refractivity contribution < 1.29 is 9.50 Å². The van der Waals surface area contributed by atoms with Gasteiger partial charge in [-0.1, -0.05) is 35.9 Å². The lowest BCUT2D eigenvalue weighted by atomic mass is 9.96. The van der Waals surface area contributed by atoms with Gasteiger partial charge in [0.15, 0.2) is 5.82 Å². The van der Waals surface area contributed by atoms with Crippen molar-refractivity contribution in [3.8, 4) is 16.9 Å². The van der Waals surface area contributed by atoms with Gasteiger partial charge in [-0.2, -0.15) is 4.98 Å². The molecule has 3 fully saturated rings. The Hall–Kier alpha value is -3.20. The Morgan fingerprint density at radius 1 is 1.00 bits per heavy atom. The van der Waals surface area contributed by atoms with E-state index in [-0.39, 0.29) is 21.9 Å². The molecule has 0 amide bonds. The van der Waals surface area contributed by atoms with Crippen LogP contribution in [0.1, 0.15) is 12.8 Å². The highest BCUT2D eigenvalue weighted by Crippen LogP contribution is 2.43. The average molecular weight is 547 g/mol. The first-order valence-corrected chi connectivity index (χ1v) is 14.0. The first kappa shape index (κ1) is 24.8. The number of hydrogen-bond acceptors (Lipinski definition) is 7. The monoisotopic (exact) mass is 546 g/mol. The van der Waals surface area contributed by atoms with E-state index in [0.717, 1.165) is 62.2 Å². The number of aromatic hydroxyl groups is 1. The van der Waals surface area contributed by atoms with Gasteiger partial charge >= 0.3 is 0 Å². The van der Waals surface area contributed by atoms with E-state index in [0.29, 0.717) is 34.9 Å². The molecule has 7 nitrogen and oxygen atoms in total. The molecule has 1 aromatic heterocycles. The maximum atomic E-state index is 16.7. The number of benzene rings is 3. The molecule has 0 spiro atoms. The molecule has 2 atom stereocenters. The molecule has 0 radical (unpaired) electrons. The van der Waals surface area contributed by atoms with Crippen molar-refractivity contribution in [3.05, 3.63) is 53.3 Å². The summed E-state index contributed by atoms with van der Waals surface area (Å²) in [7, 11) is 4.16. The molecule has 7 rings (SSSR count). The molecule has 3 aliphatic rings. The predicted molar refractivity (Wildman–Crippen MR) is 156 cm³/mol. The summed E-state index contributed by atoms with van der Waals surface area (Å²) >= 11 is 6.86. The van der Waals surface area contributed by atoms with E-state index in [2.05, 4.69) is 34.1 Å². The Bertz CT molecular complexity index is 1580. The van der Waals surface area contributed by atoms with Crippen molar-refractivity contribution in [2.75, 3.05) is 56.6 Å². The minimum absolute atomic E-state index is 0.0622. The van der Waals surface area contributed by atoms with Gasteiger partial charge in [0.2, 0.25) is 5.95 Å². The van der Waals surface area contributed by atoms with E-state index in [9.17, 15) is 5.11 Å². The molecule has 39 heavy (non-hydrogen) atoms. The summed E-state index contributed by atoms with van der Waals surface area (Å²) in [4.78, 5) is 16.5. The summed E-state index contributed by atoms with van der Waals surface area (Å²) in [5.74, 6) is 1.42. The largest absolute Gasteiger partial charge is 0.508 e. The molecule has 2 unspecified atom stereocenters. The zero-order valence-corrected chi connectivity index (χ0v) is 22.9. The average Bonchev–Trinajstić information content (AvgIpc) is 3.22. The highest BCUT2D eigenvalue weighted by Gasteiger charge is 2.36. The number of phenolic OH excluding ortho intramolecular Hbond substituents is 1. The second kappa shape index (κ2) is 9.47. The molecule has 3 saturated heterocycles. The Labute approximate surface area is 232 Å². The van der Waals surface area contributed by atoms with Crippen LogP contribution in [-0.2, 0) is 0 Å². The summed E-state index contributed by atoms with van der Waals surface area (Å²) in [6.45, 7) is 4.33. The van der Waals surface area contributed by atoms with Gasteiger partial charge in [0.25, 0.3) is 0 Å². The number of rotatable bonds is 5. The molecule has 4 aromatic rings.